The maximum Gasteiger partial charge on any atom is 0.194 e. The topological polar surface area (TPSA) is 46.5 Å². The number of benzene rings is 2. The van der Waals surface area contributed by atoms with Crippen LogP contribution in [0.3, 0.4) is 0 Å². The Kier molecular flexibility index (Phi) is 5.38. The molecule has 0 saturated carbocycles. The number of aromatic nitrogens is 4. The Morgan fingerprint density at radius 1 is 1.14 bits per heavy atom. The van der Waals surface area contributed by atoms with Crippen LogP contribution in [0.25, 0.3) is 38.6 Å². The van der Waals surface area contributed by atoms with Gasteiger partial charge < -0.3 is 4.98 Å². The zero-order valence-electron chi connectivity index (χ0n) is 16.0. The molecule has 0 radical (unpaired) electrons. The average Bonchev–Trinajstić information content (AvgIpc) is 3.37. The Hall–Kier alpha value is -2.34. The zero-order valence-corrected chi connectivity index (χ0v) is 18.4. The first-order valence-electron chi connectivity index (χ1n) is 9.29. The van der Waals surface area contributed by atoms with Gasteiger partial charge in [0.2, 0.25) is 0 Å². The van der Waals surface area contributed by atoms with E-state index in [2.05, 4.69) is 40.6 Å². The predicted molar refractivity (Wildman–Crippen MR) is 125 cm³/mol. The van der Waals surface area contributed by atoms with Gasteiger partial charge in [-0.15, -0.1) is 23.7 Å². The zero-order chi connectivity index (χ0) is 19.3. The fraction of sp³-hybridized carbons (Fsp3) is 0.182. The Labute approximate surface area is 184 Å². The summed E-state index contributed by atoms with van der Waals surface area (Å²) in [6.45, 7) is 4.48. The minimum Gasteiger partial charge on any atom is -0.337 e. The number of H-pyrrole nitrogens is 1. The van der Waals surface area contributed by atoms with Crippen LogP contribution >= 0.6 is 35.3 Å². The van der Waals surface area contributed by atoms with Crippen LogP contribution in [0.2, 0.25) is 5.02 Å². The SMILES string of the molecule is CC(C)Cc1cn(-c2nc(-c3nc4ccccc4[nH]3)cs2)c2cc(Cl)ccc12.Cl. The summed E-state index contributed by atoms with van der Waals surface area (Å²) < 4.78 is 2.15. The highest BCUT2D eigenvalue weighted by Crippen LogP contribution is 2.32. The number of halogens is 2. The number of para-hydroxylation sites is 2. The van der Waals surface area contributed by atoms with E-state index in [1.165, 1.54) is 10.9 Å². The normalized spacial score (nSPS) is 11.4. The van der Waals surface area contributed by atoms with E-state index < -0.39 is 0 Å². The first-order chi connectivity index (χ1) is 13.6. The summed E-state index contributed by atoms with van der Waals surface area (Å²) >= 11 is 7.90. The number of hydrogen-bond donors (Lipinski definition) is 1. The Bertz CT molecular complexity index is 1270. The summed E-state index contributed by atoms with van der Waals surface area (Å²) in [7, 11) is 0. The number of rotatable bonds is 4. The number of imidazole rings is 1. The third-order valence-corrected chi connectivity index (χ3v) is 5.88. The van der Waals surface area contributed by atoms with Crippen molar-refractivity contribution in [2.75, 3.05) is 0 Å². The lowest BCUT2D eigenvalue weighted by atomic mass is 10.0. The van der Waals surface area contributed by atoms with Crippen molar-refractivity contribution in [2.24, 2.45) is 5.92 Å². The van der Waals surface area contributed by atoms with E-state index in [-0.39, 0.29) is 12.4 Å². The molecule has 0 atom stereocenters. The van der Waals surface area contributed by atoms with Gasteiger partial charge in [-0.1, -0.05) is 43.6 Å². The largest absolute Gasteiger partial charge is 0.337 e. The molecule has 3 heterocycles. The van der Waals surface area contributed by atoms with Crippen molar-refractivity contribution < 1.29 is 0 Å². The molecule has 0 aliphatic rings. The number of aromatic amines is 1. The summed E-state index contributed by atoms with van der Waals surface area (Å²) in [6, 6.07) is 14.1. The average molecular weight is 443 g/mol. The third-order valence-electron chi connectivity index (χ3n) is 4.81. The lowest BCUT2D eigenvalue weighted by molar-refractivity contribution is 0.649. The quantitative estimate of drug-likeness (QED) is 0.328. The number of fused-ring (bicyclic) bond motifs is 2. The number of nitrogens with one attached hydrogen (secondary N) is 1. The van der Waals surface area contributed by atoms with Crippen molar-refractivity contribution in [3.8, 4) is 16.6 Å². The first kappa shape index (κ1) is 20.0. The highest BCUT2D eigenvalue weighted by molar-refractivity contribution is 7.12. The first-order valence-corrected chi connectivity index (χ1v) is 10.5. The number of hydrogen-bond acceptors (Lipinski definition) is 3. The molecule has 3 aromatic heterocycles. The molecular weight excluding hydrogens is 423 g/mol. The van der Waals surface area contributed by atoms with Crippen LogP contribution in [-0.4, -0.2) is 19.5 Å². The van der Waals surface area contributed by atoms with E-state index in [0.717, 1.165) is 44.6 Å². The van der Waals surface area contributed by atoms with Crippen LogP contribution in [0.4, 0.5) is 0 Å². The molecule has 1 N–H and O–H groups in total. The van der Waals surface area contributed by atoms with Gasteiger partial charge >= 0.3 is 0 Å². The van der Waals surface area contributed by atoms with E-state index in [0.29, 0.717) is 5.92 Å². The van der Waals surface area contributed by atoms with Crippen LogP contribution in [0, 0.1) is 5.92 Å². The standard InChI is InChI=1S/C22H19ClN4S.ClH/c1-13(2)9-14-11-27(20-10-15(23)7-8-16(14)20)22-26-19(12-28-22)21-24-17-5-3-4-6-18(17)25-21;/h3-8,10-13H,9H2,1-2H3,(H,24,25);1H. The molecule has 0 aliphatic carbocycles. The van der Waals surface area contributed by atoms with Crippen molar-refractivity contribution in [3.63, 3.8) is 0 Å². The van der Waals surface area contributed by atoms with Crippen LogP contribution in [0.5, 0.6) is 0 Å². The molecule has 5 aromatic rings. The van der Waals surface area contributed by atoms with Gasteiger partial charge in [-0.05, 0) is 42.2 Å². The fourth-order valence-corrected chi connectivity index (χ4v) is 4.55. The predicted octanol–water partition coefficient (Wildman–Crippen LogP) is 6.90. The lowest BCUT2D eigenvalue weighted by Gasteiger charge is -2.02. The van der Waals surface area contributed by atoms with E-state index in [9.17, 15) is 0 Å². The van der Waals surface area contributed by atoms with Crippen molar-refractivity contribution in [1.29, 1.82) is 0 Å². The van der Waals surface area contributed by atoms with E-state index in [4.69, 9.17) is 16.6 Å². The Balaban J connectivity index is 0.00000205. The maximum atomic E-state index is 6.29. The second-order valence-electron chi connectivity index (χ2n) is 7.40. The molecule has 148 valence electrons. The Morgan fingerprint density at radius 3 is 2.76 bits per heavy atom. The highest BCUT2D eigenvalue weighted by Gasteiger charge is 2.15. The number of nitrogens with zero attached hydrogens (tertiary/aromatic N) is 3. The monoisotopic (exact) mass is 442 g/mol. The summed E-state index contributed by atoms with van der Waals surface area (Å²) in [4.78, 5) is 12.9. The minimum atomic E-state index is 0. The van der Waals surface area contributed by atoms with Gasteiger partial charge in [0.05, 0.1) is 16.6 Å². The molecule has 2 aromatic carbocycles. The molecule has 0 bridgehead atoms. The molecule has 29 heavy (non-hydrogen) atoms. The second kappa shape index (κ2) is 7.82. The smallest absolute Gasteiger partial charge is 0.194 e. The second-order valence-corrected chi connectivity index (χ2v) is 8.67. The summed E-state index contributed by atoms with van der Waals surface area (Å²) in [5, 5.41) is 4.93. The van der Waals surface area contributed by atoms with E-state index in [1.807, 2.05) is 41.8 Å². The van der Waals surface area contributed by atoms with E-state index in [1.54, 1.807) is 11.3 Å². The van der Waals surface area contributed by atoms with Crippen LogP contribution in [0.15, 0.2) is 54.0 Å². The molecule has 0 unspecified atom stereocenters. The van der Waals surface area contributed by atoms with Gasteiger partial charge in [0.1, 0.15) is 5.69 Å². The van der Waals surface area contributed by atoms with Gasteiger partial charge in [-0.2, -0.15) is 0 Å². The third kappa shape index (κ3) is 3.66. The van der Waals surface area contributed by atoms with Gasteiger partial charge in [0.25, 0.3) is 0 Å². The molecule has 7 heteroatoms. The summed E-state index contributed by atoms with van der Waals surface area (Å²) in [6.07, 6.45) is 3.22. The molecule has 5 rings (SSSR count). The molecule has 0 amide bonds. The van der Waals surface area contributed by atoms with Crippen molar-refractivity contribution in [3.05, 3.63) is 64.6 Å². The van der Waals surface area contributed by atoms with Crippen molar-refractivity contribution in [2.45, 2.75) is 20.3 Å². The van der Waals surface area contributed by atoms with Crippen LogP contribution < -0.4 is 0 Å². The number of thiazole rings is 1. The van der Waals surface area contributed by atoms with Crippen molar-refractivity contribution in [1.82, 2.24) is 19.5 Å². The van der Waals surface area contributed by atoms with Gasteiger partial charge in [-0.3, -0.25) is 4.57 Å². The molecular formula is C22H20Cl2N4S. The minimum absolute atomic E-state index is 0. The highest BCUT2D eigenvalue weighted by atomic mass is 35.5. The van der Waals surface area contributed by atoms with Crippen LogP contribution in [0.1, 0.15) is 19.4 Å². The molecule has 0 saturated heterocycles. The molecule has 0 spiro atoms. The van der Waals surface area contributed by atoms with Crippen molar-refractivity contribution >= 4 is 57.3 Å². The lowest BCUT2D eigenvalue weighted by Crippen LogP contribution is -1.93. The maximum absolute atomic E-state index is 6.29. The van der Waals surface area contributed by atoms with Gasteiger partial charge in [0.15, 0.2) is 11.0 Å². The van der Waals surface area contributed by atoms with E-state index >= 15 is 0 Å². The Morgan fingerprint density at radius 2 is 1.97 bits per heavy atom. The molecule has 0 aliphatic heterocycles. The fourth-order valence-electron chi connectivity index (χ4n) is 3.59. The van der Waals surface area contributed by atoms with Gasteiger partial charge in [0, 0.05) is 22.0 Å². The van der Waals surface area contributed by atoms with Crippen LogP contribution in [-0.2, 0) is 6.42 Å². The summed E-state index contributed by atoms with van der Waals surface area (Å²) in [5.41, 5.74) is 5.23. The summed E-state index contributed by atoms with van der Waals surface area (Å²) in [5.74, 6) is 1.37. The van der Waals surface area contributed by atoms with Gasteiger partial charge in [-0.25, -0.2) is 9.97 Å². The molecule has 4 nitrogen and oxygen atoms in total. The molecule has 0 fully saturated rings.